The average Bonchev–Trinajstić information content (AvgIpc) is 2.58. The summed E-state index contributed by atoms with van der Waals surface area (Å²) in [5, 5.41) is 0. The monoisotopic (exact) mass is 287 g/mol. The maximum absolute atomic E-state index is 4.91. The summed E-state index contributed by atoms with van der Waals surface area (Å²) in [6.45, 7) is 2.13. The van der Waals surface area contributed by atoms with E-state index in [9.17, 15) is 0 Å². The van der Waals surface area contributed by atoms with E-state index in [2.05, 4.69) is 85.8 Å². The van der Waals surface area contributed by atoms with Gasteiger partial charge >= 0.3 is 0 Å². The predicted molar refractivity (Wildman–Crippen MR) is 94.8 cm³/mol. The second kappa shape index (κ2) is 7.04. The quantitative estimate of drug-likeness (QED) is 0.658. The number of rotatable bonds is 4. The Morgan fingerprint density at radius 1 is 1.00 bits per heavy atom. The third-order valence-corrected chi connectivity index (χ3v) is 4.04. The van der Waals surface area contributed by atoms with Crippen molar-refractivity contribution in [1.29, 1.82) is 0 Å². The van der Waals surface area contributed by atoms with Crippen LogP contribution in [0.5, 0.6) is 0 Å². The van der Waals surface area contributed by atoms with Gasteiger partial charge in [-0.15, -0.1) is 0 Å². The Kier molecular flexibility index (Phi) is 4.65. The van der Waals surface area contributed by atoms with Gasteiger partial charge in [0.15, 0.2) is 0 Å². The van der Waals surface area contributed by atoms with Crippen molar-refractivity contribution >= 4 is 11.4 Å². The predicted octanol–water partition coefficient (Wildman–Crippen LogP) is 5.50. The zero-order chi connectivity index (χ0) is 15.2. The maximum Gasteiger partial charge on any atom is 0.0664 e. The van der Waals surface area contributed by atoms with E-state index >= 15 is 0 Å². The minimum absolute atomic E-state index is 0.426. The summed E-state index contributed by atoms with van der Waals surface area (Å²) in [5.74, 6) is 0.426. The summed E-state index contributed by atoms with van der Waals surface area (Å²) >= 11 is 0. The molecular formula is C21H21N. The van der Waals surface area contributed by atoms with Gasteiger partial charge in [-0.05, 0) is 37.0 Å². The van der Waals surface area contributed by atoms with Gasteiger partial charge in [-0.1, -0.05) is 72.8 Å². The molecule has 0 heterocycles. The van der Waals surface area contributed by atoms with Crippen LogP contribution in [0.25, 0.3) is 0 Å². The van der Waals surface area contributed by atoms with Crippen LogP contribution in [0.3, 0.4) is 0 Å². The Balaban J connectivity index is 1.85. The lowest BCUT2D eigenvalue weighted by Gasteiger charge is -2.14. The molecule has 0 fully saturated rings. The molecule has 2 aromatic rings. The molecule has 1 aliphatic rings. The van der Waals surface area contributed by atoms with Gasteiger partial charge in [0.25, 0.3) is 0 Å². The number of nitrogens with zero attached hydrogens (tertiary/aromatic N) is 1. The van der Waals surface area contributed by atoms with Crippen LogP contribution in [0.1, 0.15) is 24.5 Å². The van der Waals surface area contributed by atoms with Gasteiger partial charge in [0.1, 0.15) is 0 Å². The van der Waals surface area contributed by atoms with E-state index < -0.39 is 0 Å². The summed E-state index contributed by atoms with van der Waals surface area (Å²) in [6, 6.07) is 19.0. The second-order valence-corrected chi connectivity index (χ2v) is 5.70. The summed E-state index contributed by atoms with van der Waals surface area (Å²) in [5.41, 5.74) is 4.87. The third-order valence-electron chi connectivity index (χ3n) is 4.04. The van der Waals surface area contributed by atoms with E-state index in [0.717, 1.165) is 18.5 Å². The topological polar surface area (TPSA) is 12.4 Å². The highest BCUT2D eigenvalue weighted by molar-refractivity contribution is 5.89. The lowest BCUT2D eigenvalue weighted by Crippen LogP contribution is -2.08. The van der Waals surface area contributed by atoms with Crippen molar-refractivity contribution in [1.82, 2.24) is 0 Å². The SMILES string of the molecule is C/C(=N\c1ccccc1Cc1ccccc1)C1C=CC=CC1. The molecule has 2 aromatic carbocycles. The minimum atomic E-state index is 0.426. The average molecular weight is 287 g/mol. The fourth-order valence-electron chi connectivity index (χ4n) is 2.75. The summed E-state index contributed by atoms with van der Waals surface area (Å²) in [7, 11) is 0. The van der Waals surface area contributed by atoms with Crippen molar-refractivity contribution in [3.05, 3.63) is 90.0 Å². The first-order valence-corrected chi connectivity index (χ1v) is 7.83. The lowest BCUT2D eigenvalue weighted by atomic mass is 9.96. The molecule has 0 saturated carbocycles. The molecule has 110 valence electrons. The number of hydrogen-bond acceptors (Lipinski definition) is 1. The highest BCUT2D eigenvalue weighted by atomic mass is 14.8. The van der Waals surface area contributed by atoms with Gasteiger partial charge in [-0.2, -0.15) is 0 Å². The van der Waals surface area contributed by atoms with E-state index in [0.29, 0.717) is 5.92 Å². The fourth-order valence-corrected chi connectivity index (χ4v) is 2.75. The number of aliphatic imine (C=N–C) groups is 1. The van der Waals surface area contributed by atoms with Crippen LogP contribution in [0.4, 0.5) is 5.69 Å². The molecule has 3 rings (SSSR count). The molecule has 0 N–H and O–H groups in total. The van der Waals surface area contributed by atoms with Crippen molar-refractivity contribution < 1.29 is 0 Å². The summed E-state index contributed by atoms with van der Waals surface area (Å²) in [6.07, 6.45) is 10.6. The summed E-state index contributed by atoms with van der Waals surface area (Å²) < 4.78 is 0. The van der Waals surface area contributed by atoms with Crippen LogP contribution in [0.15, 0.2) is 83.9 Å². The zero-order valence-electron chi connectivity index (χ0n) is 12.9. The standard InChI is InChI=1S/C21H21N/c1-17(19-12-6-3-7-13-19)22-21-15-9-8-14-20(21)16-18-10-4-2-5-11-18/h2-12,14-15,19H,13,16H2,1H3/b22-17+. The molecule has 0 spiro atoms. The Morgan fingerprint density at radius 2 is 1.77 bits per heavy atom. The first-order chi connectivity index (χ1) is 10.8. The van der Waals surface area contributed by atoms with Crippen LogP contribution in [-0.2, 0) is 6.42 Å². The van der Waals surface area contributed by atoms with Gasteiger partial charge in [0, 0.05) is 11.6 Å². The number of allylic oxidation sites excluding steroid dienone is 4. The van der Waals surface area contributed by atoms with Crippen LogP contribution in [0.2, 0.25) is 0 Å². The zero-order valence-corrected chi connectivity index (χ0v) is 12.9. The molecule has 1 heteroatoms. The molecule has 0 bridgehead atoms. The molecule has 1 nitrogen and oxygen atoms in total. The van der Waals surface area contributed by atoms with Gasteiger partial charge in [0.05, 0.1) is 5.69 Å². The van der Waals surface area contributed by atoms with Crippen LogP contribution >= 0.6 is 0 Å². The van der Waals surface area contributed by atoms with Crippen molar-refractivity contribution in [2.24, 2.45) is 10.9 Å². The molecule has 0 amide bonds. The molecule has 1 aliphatic carbocycles. The smallest absolute Gasteiger partial charge is 0.0664 e. The number of benzene rings is 2. The molecule has 0 saturated heterocycles. The summed E-state index contributed by atoms with van der Waals surface area (Å²) in [4.78, 5) is 4.91. The Labute approximate surface area is 132 Å². The fraction of sp³-hybridized carbons (Fsp3) is 0.190. The van der Waals surface area contributed by atoms with Crippen LogP contribution in [0, 0.1) is 5.92 Å². The van der Waals surface area contributed by atoms with E-state index in [1.54, 1.807) is 0 Å². The number of para-hydroxylation sites is 1. The number of hydrogen-bond donors (Lipinski definition) is 0. The van der Waals surface area contributed by atoms with Gasteiger partial charge in [-0.25, -0.2) is 0 Å². The van der Waals surface area contributed by atoms with E-state index in [-0.39, 0.29) is 0 Å². The molecule has 1 atom stereocenters. The van der Waals surface area contributed by atoms with E-state index in [4.69, 9.17) is 4.99 Å². The molecule has 22 heavy (non-hydrogen) atoms. The van der Waals surface area contributed by atoms with Crippen molar-refractivity contribution in [3.8, 4) is 0 Å². The van der Waals surface area contributed by atoms with Gasteiger partial charge in [-0.3, -0.25) is 4.99 Å². The van der Waals surface area contributed by atoms with Crippen LogP contribution in [-0.4, -0.2) is 5.71 Å². The molecule has 0 aliphatic heterocycles. The third kappa shape index (κ3) is 3.62. The minimum Gasteiger partial charge on any atom is -0.257 e. The first kappa shape index (κ1) is 14.5. The molecule has 0 radical (unpaired) electrons. The Hall–Kier alpha value is -2.41. The van der Waals surface area contributed by atoms with Crippen LogP contribution < -0.4 is 0 Å². The Bertz CT molecular complexity index is 708. The van der Waals surface area contributed by atoms with Crippen molar-refractivity contribution in [3.63, 3.8) is 0 Å². The Morgan fingerprint density at radius 3 is 2.55 bits per heavy atom. The molecular weight excluding hydrogens is 266 g/mol. The largest absolute Gasteiger partial charge is 0.257 e. The molecule has 0 aromatic heterocycles. The van der Waals surface area contributed by atoms with Gasteiger partial charge in [0.2, 0.25) is 0 Å². The van der Waals surface area contributed by atoms with Crippen molar-refractivity contribution in [2.75, 3.05) is 0 Å². The lowest BCUT2D eigenvalue weighted by molar-refractivity contribution is 0.863. The second-order valence-electron chi connectivity index (χ2n) is 5.70. The molecule has 1 unspecified atom stereocenters. The highest BCUT2D eigenvalue weighted by Crippen LogP contribution is 2.24. The first-order valence-electron chi connectivity index (χ1n) is 7.83. The van der Waals surface area contributed by atoms with E-state index in [1.165, 1.54) is 16.8 Å². The van der Waals surface area contributed by atoms with E-state index in [1.807, 2.05) is 0 Å². The maximum atomic E-state index is 4.91. The normalized spacial score (nSPS) is 17.7. The van der Waals surface area contributed by atoms with Crippen molar-refractivity contribution in [2.45, 2.75) is 19.8 Å². The highest BCUT2D eigenvalue weighted by Gasteiger charge is 2.10. The van der Waals surface area contributed by atoms with Gasteiger partial charge < -0.3 is 0 Å².